The first-order chi connectivity index (χ1) is 13.5. The van der Waals surface area contributed by atoms with Gasteiger partial charge in [0.1, 0.15) is 18.1 Å². The summed E-state index contributed by atoms with van der Waals surface area (Å²) in [6.07, 6.45) is -0.992. The zero-order chi connectivity index (χ0) is 22.3. The van der Waals surface area contributed by atoms with Crippen molar-refractivity contribution < 1.29 is 39.3 Å². The summed E-state index contributed by atoms with van der Waals surface area (Å²) >= 11 is 0. The Labute approximate surface area is 167 Å². The molecule has 0 bridgehead atoms. The lowest BCUT2D eigenvalue weighted by Crippen LogP contribution is -2.59. The van der Waals surface area contributed by atoms with Crippen LogP contribution in [0.3, 0.4) is 0 Å². The average Bonchev–Trinajstić information content (AvgIpc) is 3.12. The first-order valence-electron chi connectivity index (χ1n) is 9.25. The van der Waals surface area contributed by atoms with E-state index in [1.807, 2.05) is 0 Å². The van der Waals surface area contributed by atoms with Gasteiger partial charge in [0.05, 0.1) is 12.1 Å². The van der Waals surface area contributed by atoms with Crippen molar-refractivity contribution >= 4 is 29.7 Å². The van der Waals surface area contributed by atoms with E-state index in [2.05, 4.69) is 10.6 Å². The molecule has 0 saturated carbocycles. The average molecular weight is 416 g/mol. The fraction of sp³-hybridized carbons (Fsp3) is 0.706. The number of carboxylic acids is 2. The zero-order valence-corrected chi connectivity index (χ0v) is 16.3. The first-order valence-corrected chi connectivity index (χ1v) is 9.25. The standard InChI is InChI=1S/C17H28N4O8/c1-8(17(28)29)19-15(26)11-4-3-7-21(11)16(27)13(9(2)22)20-14(25)10(18)5-6-12(23)24/h8-11,13,22H,3-7,18H2,1-2H3,(H,19,26)(H,20,25)(H,23,24)(H,28,29). The van der Waals surface area contributed by atoms with Gasteiger partial charge in [-0.15, -0.1) is 0 Å². The Balaban J connectivity index is 2.84. The number of aliphatic hydroxyl groups is 1. The van der Waals surface area contributed by atoms with Crippen molar-refractivity contribution in [3.63, 3.8) is 0 Å². The van der Waals surface area contributed by atoms with Crippen LogP contribution in [-0.4, -0.2) is 86.7 Å². The third kappa shape index (κ3) is 6.98. The van der Waals surface area contributed by atoms with Gasteiger partial charge in [-0.2, -0.15) is 0 Å². The van der Waals surface area contributed by atoms with E-state index in [1.54, 1.807) is 0 Å². The molecule has 29 heavy (non-hydrogen) atoms. The molecule has 0 spiro atoms. The van der Waals surface area contributed by atoms with Crippen LogP contribution in [0, 0.1) is 0 Å². The lowest BCUT2D eigenvalue weighted by Gasteiger charge is -2.30. The predicted molar refractivity (Wildman–Crippen MR) is 98.4 cm³/mol. The largest absolute Gasteiger partial charge is 0.481 e. The molecule has 1 fully saturated rings. The van der Waals surface area contributed by atoms with Gasteiger partial charge < -0.3 is 36.6 Å². The molecule has 5 atom stereocenters. The van der Waals surface area contributed by atoms with Gasteiger partial charge in [0.2, 0.25) is 17.7 Å². The van der Waals surface area contributed by atoms with E-state index in [-0.39, 0.29) is 19.4 Å². The second-order valence-electron chi connectivity index (χ2n) is 7.02. The summed E-state index contributed by atoms with van der Waals surface area (Å²) in [4.78, 5) is 60.1. The van der Waals surface area contributed by atoms with E-state index in [1.165, 1.54) is 18.7 Å². The van der Waals surface area contributed by atoms with Crippen LogP contribution in [-0.2, 0) is 24.0 Å². The Morgan fingerprint density at radius 1 is 1.14 bits per heavy atom. The molecule has 164 valence electrons. The Morgan fingerprint density at radius 3 is 2.28 bits per heavy atom. The highest BCUT2D eigenvalue weighted by Crippen LogP contribution is 2.19. The third-order valence-corrected chi connectivity index (χ3v) is 4.62. The van der Waals surface area contributed by atoms with Crippen LogP contribution in [0.25, 0.3) is 0 Å². The molecule has 1 aliphatic heterocycles. The van der Waals surface area contributed by atoms with Gasteiger partial charge in [-0.25, -0.2) is 0 Å². The summed E-state index contributed by atoms with van der Waals surface area (Å²) in [5.41, 5.74) is 5.62. The molecule has 7 N–H and O–H groups in total. The van der Waals surface area contributed by atoms with Crippen molar-refractivity contribution in [3.8, 4) is 0 Å². The van der Waals surface area contributed by atoms with E-state index in [9.17, 15) is 29.1 Å². The summed E-state index contributed by atoms with van der Waals surface area (Å²) in [6.45, 7) is 2.77. The third-order valence-electron chi connectivity index (χ3n) is 4.62. The van der Waals surface area contributed by atoms with Gasteiger partial charge in [0, 0.05) is 13.0 Å². The topological polar surface area (TPSA) is 199 Å². The second kappa shape index (κ2) is 10.7. The minimum absolute atomic E-state index is 0.149. The number of carbonyl (C=O) groups excluding carboxylic acids is 3. The number of carbonyl (C=O) groups is 5. The van der Waals surface area contributed by atoms with Crippen LogP contribution in [0.5, 0.6) is 0 Å². The summed E-state index contributed by atoms with van der Waals surface area (Å²) in [6, 6.07) is -4.64. The summed E-state index contributed by atoms with van der Waals surface area (Å²) < 4.78 is 0. The maximum Gasteiger partial charge on any atom is 0.325 e. The van der Waals surface area contributed by atoms with Crippen LogP contribution in [0.15, 0.2) is 0 Å². The molecule has 0 aliphatic carbocycles. The molecular weight excluding hydrogens is 388 g/mol. The van der Waals surface area contributed by atoms with Crippen LogP contribution in [0.2, 0.25) is 0 Å². The zero-order valence-electron chi connectivity index (χ0n) is 16.3. The second-order valence-corrected chi connectivity index (χ2v) is 7.02. The minimum atomic E-state index is -1.39. The first kappa shape index (κ1) is 24.3. The lowest BCUT2D eigenvalue weighted by atomic mass is 10.1. The SMILES string of the molecule is CC(NC(=O)C1CCCN1C(=O)C(NC(=O)C(N)CCC(=O)O)C(C)O)C(=O)O. The van der Waals surface area contributed by atoms with E-state index in [0.29, 0.717) is 12.8 Å². The molecule has 0 aromatic heterocycles. The van der Waals surface area contributed by atoms with Crippen LogP contribution >= 0.6 is 0 Å². The molecular formula is C17H28N4O8. The summed E-state index contributed by atoms with van der Waals surface area (Å²) in [5.74, 6) is -4.50. The number of nitrogens with zero attached hydrogens (tertiary/aromatic N) is 1. The van der Waals surface area contributed by atoms with Gasteiger partial charge in [0.25, 0.3) is 0 Å². The predicted octanol–water partition coefficient (Wildman–Crippen LogP) is -2.38. The molecule has 1 saturated heterocycles. The number of aliphatic carboxylic acids is 2. The summed E-state index contributed by atoms with van der Waals surface area (Å²) in [7, 11) is 0. The lowest BCUT2D eigenvalue weighted by molar-refractivity contribution is -0.146. The van der Waals surface area contributed by atoms with E-state index in [0.717, 1.165) is 0 Å². The molecule has 1 heterocycles. The van der Waals surface area contributed by atoms with Crippen LogP contribution in [0.1, 0.15) is 39.5 Å². The highest BCUT2D eigenvalue weighted by atomic mass is 16.4. The normalized spacial score (nSPS) is 20.3. The van der Waals surface area contributed by atoms with Gasteiger partial charge in [0.15, 0.2) is 0 Å². The Morgan fingerprint density at radius 2 is 1.76 bits per heavy atom. The highest BCUT2D eigenvalue weighted by Gasteiger charge is 2.40. The fourth-order valence-electron chi connectivity index (χ4n) is 2.91. The van der Waals surface area contributed by atoms with Gasteiger partial charge in [-0.05, 0) is 33.1 Å². The quantitative estimate of drug-likeness (QED) is 0.225. The number of aliphatic hydroxyl groups excluding tert-OH is 1. The maximum atomic E-state index is 12.9. The van der Waals surface area contributed by atoms with E-state index >= 15 is 0 Å². The smallest absolute Gasteiger partial charge is 0.325 e. The van der Waals surface area contributed by atoms with Gasteiger partial charge in [-0.1, -0.05) is 0 Å². The molecule has 3 amide bonds. The van der Waals surface area contributed by atoms with Crippen molar-refractivity contribution in [3.05, 3.63) is 0 Å². The number of rotatable bonds is 10. The van der Waals surface area contributed by atoms with Gasteiger partial charge in [-0.3, -0.25) is 24.0 Å². The van der Waals surface area contributed by atoms with Crippen molar-refractivity contribution in [2.45, 2.75) is 69.8 Å². The van der Waals surface area contributed by atoms with Crippen molar-refractivity contribution in [1.82, 2.24) is 15.5 Å². The van der Waals surface area contributed by atoms with Crippen molar-refractivity contribution in [2.75, 3.05) is 6.54 Å². The number of hydrogen-bond acceptors (Lipinski definition) is 7. The Kier molecular flexibility index (Phi) is 8.98. The number of nitrogens with two attached hydrogens (primary N) is 1. The molecule has 0 aromatic rings. The Bertz CT molecular complexity index is 653. The molecule has 12 heteroatoms. The van der Waals surface area contributed by atoms with Crippen LogP contribution in [0.4, 0.5) is 0 Å². The molecule has 0 aromatic carbocycles. The molecule has 1 rings (SSSR count). The van der Waals surface area contributed by atoms with Crippen molar-refractivity contribution in [1.29, 1.82) is 0 Å². The van der Waals surface area contributed by atoms with Crippen molar-refractivity contribution in [2.24, 2.45) is 5.73 Å². The minimum Gasteiger partial charge on any atom is -0.481 e. The fourth-order valence-corrected chi connectivity index (χ4v) is 2.91. The number of hydrogen-bond donors (Lipinski definition) is 6. The van der Waals surface area contributed by atoms with Gasteiger partial charge >= 0.3 is 11.9 Å². The molecule has 12 nitrogen and oxygen atoms in total. The Hall–Kier alpha value is -2.73. The molecule has 1 aliphatic rings. The van der Waals surface area contributed by atoms with E-state index in [4.69, 9.17) is 15.9 Å². The number of likely N-dealkylation sites (tertiary alicyclic amines) is 1. The number of carboxylic acid groups (broad SMARTS) is 2. The maximum absolute atomic E-state index is 12.9. The monoisotopic (exact) mass is 416 g/mol. The molecule has 0 radical (unpaired) electrons. The highest BCUT2D eigenvalue weighted by molar-refractivity contribution is 5.94. The number of amides is 3. The molecule has 5 unspecified atom stereocenters. The summed E-state index contributed by atoms with van der Waals surface area (Å²) in [5, 5.41) is 32.1. The van der Waals surface area contributed by atoms with Crippen LogP contribution < -0.4 is 16.4 Å². The van der Waals surface area contributed by atoms with E-state index < -0.39 is 59.9 Å². The number of nitrogens with one attached hydrogen (secondary N) is 2.